The molecular weight excluding hydrogens is 418 g/mol. The molecular formula is C23H18ClN3O2S. The van der Waals surface area contributed by atoms with Gasteiger partial charge < -0.3 is 4.57 Å². The number of fused-ring (bicyclic) bond motifs is 1. The summed E-state index contributed by atoms with van der Waals surface area (Å²) in [7, 11) is 0. The number of hydrogen-bond acceptors (Lipinski definition) is 3. The van der Waals surface area contributed by atoms with E-state index in [4.69, 9.17) is 23.8 Å². The highest BCUT2D eigenvalue weighted by Gasteiger charge is 2.35. The molecule has 0 bridgehead atoms. The van der Waals surface area contributed by atoms with Gasteiger partial charge in [-0.25, -0.2) is 0 Å². The van der Waals surface area contributed by atoms with Crippen LogP contribution in [0.1, 0.15) is 11.1 Å². The molecule has 30 heavy (non-hydrogen) atoms. The number of benzene rings is 2. The molecule has 0 atom stereocenters. The van der Waals surface area contributed by atoms with Crippen LogP contribution in [0.2, 0.25) is 5.02 Å². The van der Waals surface area contributed by atoms with Crippen LogP contribution < -0.4 is 10.2 Å². The van der Waals surface area contributed by atoms with Gasteiger partial charge in [-0.2, -0.15) is 0 Å². The molecule has 5 nitrogen and oxygen atoms in total. The molecule has 1 aliphatic rings. The molecule has 0 saturated carbocycles. The third kappa shape index (κ3) is 3.34. The molecule has 3 aromatic rings. The lowest BCUT2D eigenvalue weighted by Crippen LogP contribution is -2.54. The van der Waals surface area contributed by atoms with E-state index in [1.54, 1.807) is 37.3 Å². The number of carbonyl (C=O) groups is 2. The Kier molecular flexibility index (Phi) is 5.28. The molecule has 1 N–H and O–H groups in total. The smallest absolute Gasteiger partial charge is 0.270 e. The third-order valence-corrected chi connectivity index (χ3v) is 5.72. The monoisotopic (exact) mass is 435 g/mol. The zero-order chi connectivity index (χ0) is 21.4. The van der Waals surface area contributed by atoms with E-state index in [-0.39, 0.29) is 10.7 Å². The molecule has 0 aliphatic carbocycles. The van der Waals surface area contributed by atoms with Crippen molar-refractivity contribution in [3.63, 3.8) is 0 Å². The average Bonchev–Trinajstić information content (AvgIpc) is 3.06. The minimum atomic E-state index is -0.526. The fourth-order valence-corrected chi connectivity index (χ4v) is 3.99. The van der Waals surface area contributed by atoms with E-state index in [0.29, 0.717) is 22.8 Å². The Morgan fingerprint density at radius 3 is 2.70 bits per heavy atom. The highest BCUT2D eigenvalue weighted by Crippen LogP contribution is 2.30. The number of halogens is 1. The number of para-hydroxylation sites is 1. The number of allylic oxidation sites excluding steroid dienone is 1. The van der Waals surface area contributed by atoms with E-state index in [2.05, 4.69) is 11.9 Å². The molecule has 1 aromatic heterocycles. The number of hydrogen-bond donors (Lipinski definition) is 1. The molecule has 150 valence electrons. The number of nitrogens with one attached hydrogen (secondary N) is 1. The Morgan fingerprint density at radius 2 is 1.93 bits per heavy atom. The Labute approximate surface area is 184 Å². The first-order valence-corrected chi connectivity index (χ1v) is 10.1. The van der Waals surface area contributed by atoms with Crippen LogP contribution in [0.3, 0.4) is 0 Å². The zero-order valence-electron chi connectivity index (χ0n) is 16.2. The van der Waals surface area contributed by atoms with E-state index < -0.39 is 11.8 Å². The van der Waals surface area contributed by atoms with Gasteiger partial charge in [-0.1, -0.05) is 41.9 Å². The molecule has 1 aliphatic heterocycles. The molecule has 2 heterocycles. The molecule has 1 fully saturated rings. The van der Waals surface area contributed by atoms with E-state index in [1.807, 2.05) is 35.0 Å². The predicted octanol–water partition coefficient (Wildman–Crippen LogP) is 4.62. The van der Waals surface area contributed by atoms with Gasteiger partial charge in [0.15, 0.2) is 5.11 Å². The van der Waals surface area contributed by atoms with E-state index >= 15 is 0 Å². The SMILES string of the molecule is C=CCn1cc(/C=C2\C(=O)NC(=S)N(c3cccc(Cl)c3C)C2=O)c2ccccc21. The van der Waals surface area contributed by atoms with Gasteiger partial charge in [-0.3, -0.25) is 19.8 Å². The van der Waals surface area contributed by atoms with Crippen molar-refractivity contribution in [2.45, 2.75) is 13.5 Å². The number of aromatic nitrogens is 1. The van der Waals surface area contributed by atoms with Crippen LogP contribution in [0.15, 0.2) is 66.9 Å². The lowest BCUT2D eigenvalue weighted by atomic mass is 10.1. The minimum absolute atomic E-state index is 0.00415. The van der Waals surface area contributed by atoms with Crippen molar-refractivity contribution in [1.82, 2.24) is 9.88 Å². The van der Waals surface area contributed by atoms with Crippen LogP contribution in [0.25, 0.3) is 17.0 Å². The molecule has 2 amide bonds. The predicted molar refractivity (Wildman–Crippen MR) is 125 cm³/mol. The number of amides is 2. The van der Waals surface area contributed by atoms with Gasteiger partial charge in [0, 0.05) is 34.2 Å². The Morgan fingerprint density at radius 1 is 1.17 bits per heavy atom. The average molecular weight is 436 g/mol. The first-order valence-electron chi connectivity index (χ1n) is 9.27. The van der Waals surface area contributed by atoms with Crippen molar-refractivity contribution in [3.8, 4) is 0 Å². The number of carbonyl (C=O) groups excluding carboxylic acids is 2. The van der Waals surface area contributed by atoms with Gasteiger partial charge in [-0.05, 0) is 49.0 Å². The van der Waals surface area contributed by atoms with Crippen LogP contribution in [0.5, 0.6) is 0 Å². The molecule has 4 rings (SSSR count). The molecule has 0 radical (unpaired) electrons. The van der Waals surface area contributed by atoms with Gasteiger partial charge in [0.2, 0.25) is 0 Å². The second-order valence-corrected chi connectivity index (χ2v) is 7.68. The molecule has 0 unspecified atom stereocenters. The quantitative estimate of drug-likeness (QED) is 0.281. The second kappa shape index (κ2) is 7.89. The first kappa shape index (κ1) is 20.1. The van der Waals surface area contributed by atoms with Crippen LogP contribution in [-0.2, 0) is 16.1 Å². The summed E-state index contributed by atoms with van der Waals surface area (Å²) < 4.78 is 2.02. The number of rotatable bonds is 4. The summed E-state index contributed by atoms with van der Waals surface area (Å²) in [4.78, 5) is 27.3. The van der Waals surface area contributed by atoms with Gasteiger partial charge in [0.1, 0.15) is 5.57 Å². The second-order valence-electron chi connectivity index (χ2n) is 6.88. The van der Waals surface area contributed by atoms with Crippen LogP contribution >= 0.6 is 23.8 Å². The van der Waals surface area contributed by atoms with Crippen molar-refractivity contribution >= 4 is 63.4 Å². The summed E-state index contributed by atoms with van der Waals surface area (Å²) in [5.74, 6) is -1.02. The lowest BCUT2D eigenvalue weighted by molar-refractivity contribution is -0.122. The van der Waals surface area contributed by atoms with Crippen molar-refractivity contribution in [2.24, 2.45) is 0 Å². The number of anilines is 1. The molecule has 2 aromatic carbocycles. The lowest BCUT2D eigenvalue weighted by Gasteiger charge is -2.30. The number of nitrogens with zero attached hydrogens (tertiary/aromatic N) is 2. The molecule has 7 heteroatoms. The standard InChI is InChI=1S/C23H18ClN3O2S/c1-3-11-26-13-15(16-7-4-5-9-20(16)26)12-17-21(28)25-23(30)27(22(17)29)19-10-6-8-18(24)14(19)2/h3-10,12-13H,1,11H2,2H3,(H,25,28,30)/b17-12+. The molecule has 0 spiro atoms. The van der Waals surface area contributed by atoms with Gasteiger partial charge >= 0.3 is 0 Å². The highest BCUT2D eigenvalue weighted by atomic mass is 35.5. The van der Waals surface area contributed by atoms with Crippen molar-refractivity contribution in [3.05, 3.63) is 83.0 Å². The summed E-state index contributed by atoms with van der Waals surface area (Å²) in [6, 6.07) is 13.0. The Bertz CT molecular complexity index is 1260. The zero-order valence-corrected chi connectivity index (χ0v) is 17.8. The fraction of sp³-hybridized carbons (Fsp3) is 0.0870. The number of thiocarbonyl (C=S) groups is 1. The largest absolute Gasteiger partial charge is 0.343 e. The summed E-state index contributed by atoms with van der Waals surface area (Å²) in [6.07, 6.45) is 5.31. The van der Waals surface area contributed by atoms with E-state index in [0.717, 1.165) is 16.5 Å². The summed E-state index contributed by atoms with van der Waals surface area (Å²) in [5.41, 5.74) is 3.00. The van der Waals surface area contributed by atoms with E-state index in [9.17, 15) is 9.59 Å². The summed E-state index contributed by atoms with van der Waals surface area (Å²) in [6.45, 7) is 6.21. The van der Waals surface area contributed by atoms with Gasteiger partial charge in [0.25, 0.3) is 11.8 Å². The highest BCUT2D eigenvalue weighted by molar-refractivity contribution is 7.80. The van der Waals surface area contributed by atoms with Gasteiger partial charge in [-0.15, -0.1) is 6.58 Å². The first-order chi connectivity index (χ1) is 14.4. The maximum Gasteiger partial charge on any atom is 0.270 e. The maximum absolute atomic E-state index is 13.3. The minimum Gasteiger partial charge on any atom is -0.343 e. The van der Waals surface area contributed by atoms with Crippen molar-refractivity contribution in [2.75, 3.05) is 4.90 Å². The molecule has 1 saturated heterocycles. The van der Waals surface area contributed by atoms with Gasteiger partial charge in [0.05, 0.1) is 5.69 Å². The fourth-order valence-electron chi connectivity index (χ4n) is 3.55. The van der Waals surface area contributed by atoms with Crippen molar-refractivity contribution < 1.29 is 9.59 Å². The van der Waals surface area contributed by atoms with Crippen molar-refractivity contribution in [1.29, 1.82) is 0 Å². The normalized spacial score (nSPS) is 15.7. The van der Waals surface area contributed by atoms with Crippen LogP contribution in [0.4, 0.5) is 5.69 Å². The van der Waals surface area contributed by atoms with Crippen LogP contribution in [0, 0.1) is 6.92 Å². The Hall–Kier alpha value is -3.22. The Balaban J connectivity index is 1.84. The van der Waals surface area contributed by atoms with Crippen LogP contribution in [-0.4, -0.2) is 21.5 Å². The summed E-state index contributed by atoms with van der Waals surface area (Å²) in [5, 5.41) is 4.10. The summed E-state index contributed by atoms with van der Waals surface area (Å²) >= 11 is 11.5. The third-order valence-electron chi connectivity index (χ3n) is 5.03. The van der Waals surface area contributed by atoms with E-state index in [1.165, 1.54) is 4.90 Å². The topological polar surface area (TPSA) is 54.3 Å². The maximum atomic E-state index is 13.3.